The van der Waals surface area contributed by atoms with Crippen molar-refractivity contribution in [2.45, 2.75) is 145 Å². The summed E-state index contributed by atoms with van der Waals surface area (Å²) in [7, 11) is 0. The molecule has 4 nitrogen and oxygen atoms in total. The highest BCUT2D eigenvalue weighted by molar-refractivity contribution is 5.00. The molecule has 0 rings (SSSR count). The van der Waals surface area contributed by atoms with E-state index >= 15 is 0 Å². The van der Waals surface area contributed by atoms with E-state index in [1.165, 1.54) is 0 Å². The Labute approximate surface area is 212 Å². The molecule has 0 aromatic carbocycles. The van der Waals surface area contributed by atoms with Gasteiger partial charge in [-0.1, -0.05) is 100 Å². The van der Waals surface area contributed by atoms with Crippen LogP contribution in [0.2, 0.25) is 0 Å². The Morgan fingerprint density at radius 2 is 1.29 bits per heavy atom. The molecule has 0 radical (unpaired) electrons. The van der Waals surface area contributed by atoms with E-state index in [-0.39, 0.29) is 42.3 Å². The number of aliphatic hydroxyl groups excluding tert-OH is 4. The van der Waals surface area contributed by atoms with E-state index < -0.39 is 17.6 Å². The molecule has 0 aromatic rings. The molecular weight excluding hydrogens is 424 g/mol. The lowest BCUT2D eigenvalue weighted by atomic mass is 9.56. The second-order valence-corrected chi connectivity index (χ2v) is 11.2. The number of aliphatic hydroxyl groups is 4. The van der Waals surface area contributed by atoms with Gasteiger partial charge >= 0.3 is 0 Å². The van der Waals surface area contributed by atoms with Crippen LogP contribution >= 0.6 is 0 Å². The van der Waals surface area contributed by atoms with Gasteiger partial charge in [0, 0.05) is 18.6 Å². The molecule has 0 aliphatic rings. The van der Waals surface area contributed by atoms with Crippen LogP contribution in [0.4, 0.5) is 0 Å². The molecule has 8 atom stereocenters. The second-order valence-electron chi connectivity index (χ2n) is 11.2. The van der Waals surface area contributed by atoms with E-state index in [2.05, 4.69) is 55.4 Å². The molecule has 0 aliphatic heterocycles. The zero-order chi connectivity index (χ0) is 26.4. The molecule has 0 saturated heterocycles. The first-order valence-electron chi connectivity index (χ1n) is 14.8. The van der Waals surface area contributed by atoms with E-state index in [0.717, 1.165) is 77.0 Å². The molecule has 4 heteroatoms. The summed E-state index contributed by atoms with van der Waals surface area (Å²) in [5.74, 6) is 0.333. The summed E-state index contributed by atoms with van der Waals surface area (Å²) < 4.78 is 0. The van der Waals surface area contributed by atoms with Crippen LogP contribution in [-0.4, -0.2) is 45.8 Å². The van der Waals surface area contributed by atoms with Gasteiger partial charge in [0.1, 0.15) is 0 Å². The van der Waals surface area contributed by atoms with Crippen molar-refractivity contribution in [2.24, 2.45) is 34.5 Å². The van der Waals surface area contributed by atoms with Gasteiger partial charge in [0.2, 0.25) is 0 Å². The average molecular weight is 487 g/mol. The first kappa shape index (κ1) is 33.8. The summed E-state index contributed by atoms with van der Waals surface area (Å²) >= 11 is 0. The third-order valence-corrected chi connectivity index (χ3v) is 9.58. The highest BCUT2D eigenvalue weighted by atomic mass is 16.3. The summed E-state index contributed by atoms with van der Waals surface area (Å²) in [6.07, 6.45) is 9.69. The minimum atomic E-state index is -0.841. The maximum atomic E-state index is 12.0. The van der Waals surface area contributed by atoms with Crippen molar-refractivity contribution in [1.29, 1.82) is 0 Å². The van der Waals surface area contributed by atoms with Gasteiger partial charge in [-0.15, -0.1) is 0 Å². The second kappa shape index (κ2) is 17.3. The van der Waals surface area contributed by atoms with Gasteiger partial charge in [-0.3, -0.25) is 0 Å². The molecule has 0 amide bonds. The third-order valence-electron chi connectivity index (χ3n) is 9.58. The van der Waals surface area contributed by atoms with Crippen molar-refractivity contribution in [3.63, 3.8) is 0 Å². The molecule has 0 fully saturated rings. The standard InChI is InChI=1S/C30H62O4/c1-9-16-19-29(14-6,22-32)26(18-11-3)24(12-4)27(33)28(34)30(15-7,20-17-10-2)25(13-5)23(8)21-31/h23-28,31-34H,9-22H2,1-8H3. The fourth-order valence-corrected chi connectivity index (χ4v) is 7.29. The summed E-state index contributed by atoms with van der Waals surface area (Å²) in [6, 6.07) is 0. The molecule has 0 heterocycles. The van der Waals surface area contributed by atoms with E-state index in [4.69, 9.17) is 0 Å². The number of hydrogen-bond acceptors (Lipinski definition) is 4. The van der Waals surface area contributed by atoms with Crippen molar-refractivity contribution in [3.05, 3.63) is 0 Å². The average Bonchev–Trinajstić information content (AvgIpc) is 2.86. The van der Waals surface area contributed by atoms with Crippen molar-refractivity contribution in [1.82, 2.24) is 0 Å². The Bertz CT molecular complexity index is 492. The van der Waals surface area contributed by atoms with Crippen LogP contribution in [0.1, 0.15) is 132 Å². The van der Waals surface area contributed by atoms with Gasteiger partial charge < -0.3 is 20.4 Å². The predicted octanol–water partition coefficient (Wildman–Crippen LogP) is 6.97. The SMILES string of the molecule is CCCCC(CC)(CO)C(CCC)C(CC)C(O)C(O)C(CC)(CCCC)C(CC)C(C)CO. The van der Waals surface area contributed by atoms with Crippen LogP contribution in [-0.2, 0) is 0 Å². The first-order valence-corrected chi connectivity index (χ1v) is 14.8. The summed E-state index contributed by atoms with van der Waals surface area (Å²) in [6.45, 7) is 17.5. The molecule has 0 aromatic heterocycles. The summed E-state index contributed by atoms with van der Waals surface area (Å²) in [4.78, 5) is 0. The van der Waals surface area contributed by atoms with Crippen LogP contribution in [0.25, 0.3) is 0 Å². The van der Waals surface area contributed by atoms with Crippen LogP contribution in [0.5, 0.6) is 0 Å². The molecular formula is C30H62O4. The topological polar surface area (TPSA) is 80.9 Å². The monoisotopic (exact) mass is 486 g/mol. The molecule has 8 unspecified atom stereocenters. The van der Waals surface area contributed by atoms with Crippen molar-refractivity contribution < 1.29 is 20.4 Å². The number of hydrogen-bond donors (Lipinski definition) is 4. The van der Waals surface area contributed by atoms with Crippen LogP contribution in [0, 0.1) is 34.5 Å². The lowest BCUT2D eigenvalue weighted by Gasteiger charge is -2.51. The molecule has 0 aliphatic carbocycles. The van der Waals surface area contributed by atoms with Gasteiger partial charge in [0.15, 0.2) is 0 Å². The van der Waals surface area contributed by atoms with Crippen LogP contribution < -0.4 is 0 Å². The first-order chi connectivity index (χ1) is 16.2. The maximum Gasteiger partial charge on any atom is 0.0860 e. The Kier molecular flexibility index (Phi) is 17.2. The van der Waals surface area contributed by atoms with E-state index in [1.807, 2.05) is 0 Å². The quantitative estimate of drug-likeness (QED) is 0.141. The molecule has 4 N–H and O–H groups in total. The molecule has 206 valence electrons. The van der Waals surface area contributed by atoms with Gasteiger partial charge in [-0.05, 0) is 61.2 Å². The highest BCUT2D eigenvalue weighted by Crippen LogP contribution is 2.51. The van der Waals surface area contributed by atoms with Gasteiger partial charge in [0.05, 0.1) is 12.2 Å². The lowest BCUT2D eigenvalue weighted by Crippen LogP contribution is -2.54. The van der Waals surface area contributed by atoms with E-state index in [0.29, 0.717) is 0 Å². The Balaban J connectivity index is 6.49. The van der Waals surface area contributed by atoms with Gasteiger partial charge in [0.25, 0.3) is 0 Å². The Morgan fingerprint density at radius 1 is 0.706 bits per heavy atom. The molecule has 0 saturated carbocycles. The normalized spacial score (nSPS) is 21.2. The third kappa shape index (κ3) is 7.92. The largest absolute Gasteiger partial charge is 0.396 e. The molecule has 0 bridgehead atoms. The van der Waals surface area contributed by atoms with Crippen molar-refractivity contribution in [3.8, 4) is 0 Å². The smallest absolute Gasteiger partial charge is 0.0860 e. The fourth-order valence-electron chi connectivity index (χ4n) is 7.29. The minimum absolute atomic E-state index is 0.0617. The fraction of sp³-hybridized carbons (Fsp3) is 1.00. The summed E-state index contributed by atoms with van der Waals surface area (Å²) in [5, 5.41) is 44.6. The number of rotatable bonds is 21. The van der Waals surface area contributed by atoms with Crippen molar-refractivity contribution >= 4 is 0 Å². The highest BCUT2D eigenvalue weighted by Gasteiger charge is 2.51. The zero-order valence-corrected chi connectivity index (χ0v) is 24.2. The lowest BCUT2D eigenvalue weighted by molar-refractivity contribution is -0.149. The summed E-state index contributed by atoms with van der Waals surface area (Å²) in [5.41, 5.74) is -0.637. The van der Waals surface area contributed by atoms with Crippen LogP contribution in [0.3, 0.4) is 0 Å². The van der Waals surface area contributed by atoms with Gasteiger partial charge in [-0.25, -0.2) is 0 Å². The minimum Gasteiger partial charge on any atom is -0.396 e. The Hall–Kier alpha value is -0.160. The molecule has 34 heavy (non-hydrogen) atoms. The van der Waals surface area contributed by atoms with E-state index in [9.17, 15) is 20.4 Å². The maximum absolute atomic E-state index is 12.0. The van der Waals surface area contributed by atoms with Crippen LogP contribution in [0.15, 0.2) is 0 Å². The van der Waals surface area contributed by atoms with Crippen molar-refractivity contribution in [2.75, 3.05) is 13.2 Å². The molecule has 0 spiro atoms. The van der Waals surface area contributed by atoms with E-state index in [1.54, 1.807) is 0 Å². The van der Waals surface area contributed by atoms with Gasteiger partial charge in [-0.2, -0.15) is 0 Å². The zero-order valence-electron chi connectivity index (χ0n) is 24.2. The number of unbranched alkanes of at least 4 members (excludes halogenated alkanes) is 2. The predicted molar refractivity (Wildman–Crippen MR) is 146 cm³/mol. The Morgan fingerprint density at radius 3 is 1.68 bits per heavy atom.